The van der Waals surface area contributed by atoms with E-state index in [2.05, 4.69) is 5.32 Å². The van der Waals surface area contributed by atoms with E-state index >= 15 is 0 Å². The molecule has 0 heterocycles. The molecule has 0 spiro atoms. The van der Waals surface area contributed by atoms with Crippen molar-refractivity contribution >= 4 is 5.91 Å². The number of ether oxygens (including phenoxy) is 1. The SMILES string of the molecule is COC1CCC(NCC(=O)N(C)C)C1. The molecule has 1 aliphatic rings. The molecule has 1 saturated carbocycles. The normalized spacial score (nSPS) is 26.5. The van der Waals surface area contributed by atoms with E-state index in [1.807, 2.05) is 0 Å². The zero-order chi connectivity index (χ0) is 10.6. The second kappa shape index (κ2) is 5.32. The molecule has 0 aliphatic heterocycles. The van der Waals surface area contributed by atoms with Gasteiger partial charge in [0.1, 0.15) is 0 Å². The molecule has 82 valence electrons. The van der Waals surface area contributed by atoms with Crippen LogP contribution < -0.4 is 5.32 Å². The Bertz CT molecular complexity index is 195. The van der Waals surface area contributed by atoms with Crippen LogP contribution in [-0.2, 0) is 9.53 Å². The lowest BCUT2D eigenvalue weighted by Gasteiger charge is -2.15. The smallest absolute Gasteiger partial charge is 0.236 e. The van der Waals surface area contributed by atoms with E-state index in [-0.39, 0.29) is 5.91 Å². The molecule has 1 N–H and O–H groups in total. The van der Waals surface area contributed by atoms with Gasteiger partial charge in [-0.2, -0.15) is 0 Å². The fraction of sp³-hybridized carbons (Fsp3) is 0.900. The number of hydrogen-bond acceptors (Lipinski definition) is 3. The van der Waals surface area contributed by atoms with Gasteiger partial charge in [0.2, 0.25) is 5.91 Å². The second-order valence-corrected chi connectivity index (χ2v) is 4.04. The average Bonchev–Trinajstić information content (AvgIpc) is 2.61. The van der Waals surface area contributed by atoms with Crippen LogP contribution in [0.1, 0.15) is 19.3 Å². The lowest BCUT2D eigenvalue weighted by molar-refractivity contribution is -0.127. The van der Waals surface area contributed by atoms with Gasteiger partial charge >= 0.3 is 0 Å². The van der Waals surface area contributed by atoms with Gasteiger partial charge in [-0.25, -0.2) is 0 Å². The Balaban J connectivity index is 2.17. The highest BCUT2D eigenvalue weighted by Crippen LogP contribution is 2.20. The van der Waals surface area contributed by atoms with Gasteiger partial charge in [-0.3, -0.25) is 4.79 Å². The standard InChI is InChI=1S/C10H20N2O2/c1-12(2)10(13)7-11-8-4-5-9(6-8)14-3/h8-9,11H,4-7H2,1-3H3. The largest absolute Gasteiger partial charge is 0.381 e. The molecule has 4 nitrogen and oxygen atoms in total. The van der Waals surface area contributed by atoms with Crippen LogP contribution in [0.15, 0.2) is 0 Å². The highest BCUT2D eigenvalue weighted by molar-refractivity contribution is 5.77. The Morgan fingerprint density at radius 3 is 2.71 bits per heavy atom. The monoisotopic (exact) mass is 200 g/mol. The molecule has 1 fully saturated rings. The van der Waals surface area contributed by atoms with Gasteiger partial charge in [0.25, 0.3) is 0 Å². The van der Waals surface area contributed by atoms with E-state index in [0.29, 0.717) is 18.7 Å². The van der Waals surface area contributed by atoms with E-state index in [4.69, 9.17) is 4.74 Å². The number of carbonyl (C=O) groups is 1. The first-order valence-electron chi connectivity index (χ1n) is 5.09. The van der Waals surface area contributed by atoms with E-state index in [9.17, 15) is 4.79 Å². The summed E-state index contributed by atoms with van der Waals surface area (Å²) in [6, 6.07) is 0.448. The molecule has 4 heteroatoms. The van der Waals surface area contributed by atoms with Gasteiger partial charge in [0.15, 0.2) is 0 Å². The van der Waals surface area contributed by atoms with Crippen LogP contribution in [0.2, 0.25) is 0 Å². The number of amides is 1. The van der Waals surface area contributed by atoms with E-state index < -0.39 is 0 Å². The van der Waals surface area contributed by atoms with Gasteiger partial charge in [-0.1, -0.05) is 0 Å². The van der Waals surface area contributed by atoms with Crippen molar-refractivity contribution in [2.45, 2.75) is 31.4 Å². The molecular weight excluding hydrogens is 180 g/mol. The number of carbonyl (C=O) groups excluding carboxylic acids is 1. The van der Waals surface area contributed by atoms with Crippen molar-refractivity contribution in [2.24, 2.45) is 0 Å². The Labute approximate surface area is 85.6 Å². The number of nitrogens with one attached hydrogen (secondary N) is 1. The van der Waals surface area contributed by atoms with Crippen LogP contribution in [0.4, 0.5) is 0 Å². The first kappa shape index (κ1) is 11.5. The quantitative estimate of drug-likeness (QED) is 0.706. The zero-order valence-corrected chi connectivity index (χ0v) is 9.25. The molecule has 1 rings (SSSR count). The van der Waals surface area contributed by atoms with Crippen LogP contribution in [-0.4, -0.2) is 50.7 Å². The van der Waals surface area contributed by atoms with Crippen LogP contribution in [0.25, 0.3) is 0 Å². The van der Waals surface area contributed by atoms with Gasteiger partial charge in [0, 0.05) is 27.2 Å². The molecular formula is C10H20N2O2. The van der Waals surface area contributed by atoms with Crippen LogP contribution in [0.3, 0.4) is 0 Å². The number of likely N-dealkylation sites (N-methyl/N-ethyl adjacent to an activating group) is 1. The topological polar surface area (TPSA) is 41.6 Å². The lowest BCUT2D eigenvalue weighted by Crippen LogP contribution is -2.37. The van der Waals surface area contributed by atoms with Crippen molar-refractivity contribution in [2.75, 3.05) is 27.7 Å². The summed E-state index contributed by atoms with van der Waals surface area (Å²) in [4.78, 5) is 12.9. The Morgan fingerprint density at radius 1 is 1.50 bits per heavy atom. The highest BCUT2D eigenvalue weighted by Gasteiger charge is 2.24. The fourth-order valence-corrected chi connectivity index (χ4v) is 1.73. The van der Waals surface area contributed by atoms with Crippen molar-refractivity contribution in [1.29, 1.82) is 0 Å². The van der Waals surface area contributed by atoms with E-state index in [1.165, 1.54) is 0 Å². The maximum Gasteiger partial charge on any atom is 0.236 e. The molecule has 0 bridgehead atoms. The molecule has 0 saturated heterocycles. The molecule has 0 aromatic carbocycles. The molecule has 2 atom stereocenters. The van der Waals surface area contributed by atoms with Gasteiger partial charge in [-0.05, 0) is 19.3 Å². The summed E-state index contributed by atoms with van der Waals surface area (Å²) in [5.74, 6) is 0.130. The van der Waals surface area contributed by atoms with Crippen LogP contribution in [0, 0.1) is 0 Å². The van der Waals surface area contributed by atoms with Crippen molar-refractivity contribution in [3.05, 3.63) is 0 Å². The van der Waals surface area contributed by atoms with Crippen molar-refractivity contribution < 1.29 is 9.53 Å². The summed E-state index contributed by atoms with van der Waals surface area (Å²) in [5, 5.41) is 3.26. The fourth-order valence-electron chi connectivity index (χ4n) is 1.73. The van der Waals surface area contributed by atoms with Crippen molar-refractivity contribution in [3.8, 4) is 0 Å². The predicted octanol–water partition coefficient (Wildman–Crippen LogP) is 0.232. The molecule has 1 aliphatic carbocycles. The summed E-state index contributed by atoms with van der Waals surface area (Å²) in [6.45, 7) is 0.439. The van der Waals surface area contributed by atoms with Crippen molar-refractivity contribution in [1.82, 2.24) is 10.2 Å². The summed E-state index contributed by atoms with van der Waals surface area (Å²) in [5.41, 5.74) is 0. The Morgan fingerprint density at radius 2 is 2.21 bits per heavy atom. The van der Waals surface area contributed by atoms with E-state index in [0.717, 1.165) is 19.3 Å². The van der Waals surface area contributed by atoms with Gasteiger partial charge in [-0.15, -0.1) is 0 Å². The Kier molecular flexibility index (Phi) is 4.35. The minimum absolute atomic E-state index is 0.130. The third-order valence-electron chi connectivity index (χ3n) is 2.76. The zero-order valence-electron chi connectivity index (χ0n) is 9.25. The average molecular weight is 200 g/mol. The lowest BCUT2D eigenvalue weighted by atomic mass is 10.2. The summed E-state index contributed by atoms with van der Waals surface area (Å²) in [7, 11) is 5.30. The van der Waals surface area contributed by atoms with E-state index in [1.54, 1.807) is 26.1 Å². The molecule has 0 radical (unpaired) electrons. The summed E-state index contributed by atoms with van der Waals surface area (Å²) in [6.07, 6.45) is 3.61. The van der Waals surface area contributed by atoms with Gasteiger partial charge < -0.3 is 15.0 Å². The van der Waals surface area contributed by atoms with Crippen molar-refractivity contribution in [3.63, 3.8) is 0 Å². The minimum Gasteiger partial charge on any atom is -0.381 e. The maximum atomic E-state index is 11.3. The first-order valence-corrected chi connectivity index (χ1v) is 5.09. The highest BCUT2D eigenvalue weighted by atomic mass is 16.5. The molecule has 0 aromatic heterocycles. The molecule has 1 amide bonds. The molecule has 0 aromatic rings. The third kappa shape index (κ3) is 3.27. The van der Waals surface area contributed by atoms with Crippen LogP contribution in [0.5, 0.6) is 0 Å². The summed E-state index contributed by atoms with van der Waals surface area (Å²) < 4.78 is 5.26. The third-order valence-corrected chi connectivity index (χ3v) is 2.76. The number of hydrogen-bond donors (Lipinski definition) is 1. The van der Waals surface area contributed by atoms with Crippen LogP contribution >= 0.6 is 0 Å². The van der Waals surface area contributed by atoms with Gasteiger partial charge in [0.05, 0.1) is 12.6 Å². The minimum atomic E-state index is 0.130. The second-order valence-electron chi connectivity index (χ2n) is 4.04. The number of nitrogens with zero attached hydrogens (tertiary/aromatic N) is 1. The number of methoxy groups -OCH3 is 1. The number of rotatable bonds is 4. The summed E-state index contributed by atoms with van der Waals surface area (Å²) >= 11 is 0. The predicted molar refractivity (Wildman–Crippen MR) is 55.1 cm³/mol. The molecule has 14 heavy (non-hydrogen) atoms. The molecule has 2 unspecified atom stereocenters. The maximum absolute atomic E-state index is 11.3. The Hall–Kier alpha value is -0.610. The first-order chi connectivity index (χ1) is 6.63.